The molecule has 6 heteroatoms. The summed E-state index contributed by atoms with van der Waals surface area (Å²) in [7, 11) is 1.51. The summed E-state index contributed by atoms with van der Waals surface area (Å²) >= 11 is 0. The second-order valence-corrected chi connectivity index (χ2v) is 8.80. The number of benzene rings is 3. The zero-order chi connectivity index (χ0) is 24.9. The lowest BCUT2D eigenvalue weighted by molar-refractivity contribution is -0.139. The molecule has 1 N–H and O–H groups in total. The van der Waals surface area contributed by atoms with Gasteiger partial charge < -0.3 is 19.3 Å². The minimum atomic E-state index is -1.09. The van der Waals surface area contributed by atoms with Crippen molar-refractivity contribution in [3.05, 3.63) is 107 Å². The largest absolute Gasteiger partial charge is 0.493 e. The van der Waals surface area contributed by atoms with E-state index >= 15 is 0 Å². The van der Waals surface area contributed by atoms with Gasteiger partial charge in [0, 0.05) is 17.4 Å². The van der Waals surface area contributed by atoms with Gasteiger partial charge in [-0.1, -0.05) is 66.7 Å². The maximum absolute atomic E-state index is 13.7. The normalized spacial score (nSPS) is 21.8. The third kappa shape index (κ3) is 5.38. The standard InChI is InChI=1S/C29H29FO5/c1-18(2)23-16-24(19-8-5-4-6-9-19)27(20-12-14-21(30)15-13-20)35-28(23)22-10-7-11-25(33-3)29(22)34-17-26(31)32/h4-15,23-24,27-28H,1,16-17H2,2-3H3,(H,31,32)/t23-,24-,27+,28-/m1/s1. The van der Waals surface area contributed by atoms with Crippen molar-refractivity contribution in [2.24, 2.45) is 5.92 Å². The SMILES string of the molecule is C=C(C)[C@H]1C[C@H](c2ccccc2)[C@H](c2ccc(F)cc2)O[C@@H]1c1cccc(OC)c1OCC(=O)O. The predicted molar refractivity (Wildman–Crippen MR) is 131 cm³/mol. The number of aliphatic carboxylic acids is 1. The third-order valence-corrected chi connectivity index (χ3v) is 6.47. The van der Waals surface area contributed by atoms with Crippen LogP contribution in [0.15, 0.2) is 84.9 Å². The minimum Gasteiger partial charge on any atom is -0.493 e. The van der Waals surface area contributed by atoms with Gasteiger partial charge in [0.2, 0.25) is 0 Å². The van der Waals surface area contributed by atoms with E-state index < -0.39 is 18.7 Å². The molecule has 0 radical (unpaired) electrons. The summed E-state index contributed by atoms with van der Waals surface area (Å²) in [6.07, 6.45) is -0.0970. The van der Waals surface area contributed by atoms with Crippen LogP contribution in [-0.4, -0.2) is 24.8 Å². The molecule has 0 spiro atoms. The lowest BCUT2D eigenvalue weighted by Crippen LogP contribution is -2.32. The summed E-state index contributed by atoms with van der Waals surface area (Å²) in [4.78, 5) is 11.3. The van der Waals surface area contributed by atoms with E-state index in [4.69, 9.17) is 14.2 Å². The lowest BCUT2D eigenvalue weighted by Gasteiger charge is -2.43. The average molecular weight is 477 g/mol. The first-order valence-corrected chi connectivity index (χ1v) is 11.5. The minimum absolute atomic E-state index is 0.00797. The zero-order valence-corrected chi connectivity index (χ0v) is 19.8. The van der Waals surface area contributed by atoms with Crippen LogP contribution < -0.4 is 9.47 Å². The zero-order valence-electron chi connectivity index (χ0n) is 19.8. The highest BCUT2D eigenvalue weighted by Gasteiger charge is 2.42. The van der Waals surface area contributed by atoms with E-state index in [1.807, 2.05) is 37.3 Å². The number of carbonyl (C=O) groups is 1. The first-order valence-electron chi connectivity index (χ1n) is 11.5. The van der Waals surface area contributed by atoms with Crippen LogP contribution >= 0.6 is 0 Å². The van der Waals surface area contributed by atoms with Crippen molar-refractivity contribution in [1.29, 1.82) is 0 Å². The van der Waals surface area contributed by atoms with Crippen LogP contribution in [0.4, 0.5) is 4.39 Å². The van der Waals surface area contributed by atoms with Gasteiger partial charge in [-0.3, -0.25) is 0 Å². The molecule has 182 valence electrons. The van der Waals surface area contributed by atoms with Crippen LogP contribution in [0.2, 0.25) is 0 Å². The molecule has 0 aromatic heterocycles. The maximum atomic E-state index is 13.7. The van der Waals surface area contributed by atoms with E-state index in [-0.39, 0.29) is 23.8 Å². The van der Waals surface area contributed by atoms with Gasteiger partial charge in [-0.05, 0) is 42.7 Å². The van der Waals surface area contributed by atoms with Gasteiger partial charge >= 0.3 is 5.97 Å². The summed E-state index contributed by atoms with van der Waals surface area (Å²) in [5.41, 5.74) is 3.62. The van der Waals surface area contributed by atoms with Crippen molar-refractivity contribution < 1.29 is 28.5 Å². The van der Waals surface area contributed by atoms with E-state index in [1.54, 1.807) is 18.2 Å². The van der Waals surface area contributed by atoms with Crippen molar-refractivity contribution in [2.75, 3.05) is 13.7 Å². The molecule has 1 saturated heterocycles. The monoisotopic (exact) mass is 476 g/mol. The summed E-state index contributed by atoms with van der Waals surface area (Å²) in [5.74, 6) is -0.698. The maximum Gasteiger partial charge on any atom is 0.341 e. The molecule has 1 aliphatic rings. The van der Waals surface area contributed by atoms with Crippen LogP contribution in [0.3, 0.4) is 0 Å². The van der Waals surface area contributed by atoms with E-state index in [0.29, 0.717) is 17.1 Å². The van der Waals surface area contributed by atoms with Crippen molar-refractivity contribution in [1.82, 2.24) is 0 Å². The number of rotatable bonds is 8. The first kappa shape index (κ1) is 24.5. The van der Waals surface area contributed by atoms with Crippen LogP contribution in [0.5, 0.6) is 11.5 Å². The molecular formula is C29H29FO5. The molecule has 0 saturated carbocycles. The summed E-state index contributed by atoms with van der Waals surface area (Å²) < 4.78 is 31.7. The van der Waals surface area contributed by atoms with Crippen molar-refractivity contribution >= 4 is 5.97 Å². The Morgan fingerprint density at radius 3 is 2.37 bits per heavy atom. The average Bonchev–Trinajstić information content (AvgIpc) is 2.87. The molecule has 1 heterocycles. The van der Waals surface area contributed by atoms with Crippen molar-refractivity contribution in [2.45, 2.75) is 31.5 Å². The van der Waals surface area contributed by atoms with Crippen molar-refractivity contribution in [3.63, 3.8) is 0 Å². The Hall–Kier alpha value is -3.64. The van der Waals surface area contributed by atoms with Crippen molar-refractivity contribution in [3.8, 4) is 11.5 Å². The molecule has 3 aromatic carbocycles. The topological polar surface area (TPSA) is 65.0 Å². The lowest BCUT2D eigenvalue weighted by atomic mass is 9.74. The fraction of sp³-hybridized carbons (Fsp3) is 0.276. The molecule has 35 heavy (non-hydrogen) atoms. The predicted octanol–water partition coefficient (Wildman–Crippen LogP) is 6.48. The molecule has 1 aliphatic heterocycles. The molecule has 0 bridgehead atoms. The molecule has 3 aromatic rings. The van der Waals surface area contributed by atoms with Crippen LogP contribution in [0.1, 0.15) is 48.2 Å². The number of carboxylic acids is 1. The van der Waals surface area contributed by atoms with Crippen LogP contribution in [-0.2, 0) is 9.53 Å². The molecule has 1 fully saturated rings. The number of hydrogen-bond donors (Lipinski definition) is 1. The van der Waals surface area contributed by atoms with Gasteiger partial charge in [0.05, 0.1) is 19.3 Å². The highest BCUT2D eigenvalue weighted by atomic mass is 19.1. The number of para-hydroxylation sites is 1. The van der Waals surface area contributed by atoms with E-state index in [2.05, 4.69) is 18.7 Å². The molecule has 0 unspecified atom stereocenters. The number of hydrogen-bond acceptors (Lipinski definition) is 4. The Balaban J connectivity index is 1.81. The van der Waals surface area contributed by atoms with E-state index in [9.17, 15) is 14.3 Å². The fourth-order valence-electron chi connectivity index (χ4n) is 4.80. The van der Waals surface area contributed by atoms with Gasteiger partial charge in [-0.2, -0.15) is 0 Å². The molecule has 5 nitrogen and oxygen atoms in total. The molecule has 4 atom stereocenters. The molecule has 0 aliphatic carbocycles. The quantitative estimate of drug-likeness (QED) is 0.377. The Labute approximate surface area is 204 Å². The fourth-order valence-corrected chi connectivity index (χ4v) is 4.80. The first-order chi connectivity index (χ1) is 16.9. The highest BCUT2D eigenvalue weighted by molar-refractivity contribution is 5.69. The Bertz CT molecular complexity index is 1180. The second kappa shape index (κ2) is 10.7. The summed E-state index contributed by atoms with van der Waals surface area (Å²) in [6, 6.07) is 21.9. The number of halogens is 1. The summed E-state index contributed by atoms with van der Waals surface area (Å²) in [5, 5.41) is 9.21. The Kier molecular flexibility index (Phi) is 7.51. The van der Waals surface area contributed by atoms with Gasteiger partial charge in [-0.25, -0.2) is 9.18 Å². The van der Waals surface area contributed by atoms with Crippen LogP contribution in [0.25, 0.3) is 0 Å². The number of methoxy groups -OCH3 is 1. The number of ether oxygens (including phenoxy) is 3. The Morgan fingerprint density at radius 2 is 1.74 bits per heavy atom. The van der Waals surface area contributed by atoms with E-state index in [1.165, 1.54) is 19.2 Å². The number of carboxylic acid groups (broad SMARTS) is 1. The smallest absolute Gasteiger partial charge is 0.341 e. The van der Waals surface area contributed by atoms with E-state index in [0.717, 1.165) is 23.1 Å². The molecule has 0 amide bonds. The molecule has 4 rings (SSSR count). The van der Waals surface area contributed by atoms with Gasteiger partial charge in [0.1, 0.15) is 5.82 Å². The Morgan fingerprint density at radius 1 is 1.03 bits per heavy atom. The van der Waals surface area contributed by atoms with Gasteiger partial charge in [-0.15, -0.1) is 0 Å². The highest BCUT2D eigenvalue weighted by Crippen LogP contribution is 2.53. The van der Waals surface area contributed by atoms with Gasteiger partial charge in [0.15, 0.2) is 18.1 Å². The van der Waals surface area contributed by atoms with Crippen LogP contribution in [0, 0.1) is 11.7 Å². The third-order valence-electron chi connectivity index (χ3n) is 6.47. The second-order valence-electron chi connectivity index (χ2n) is 8.80. The van der Waals surface area contributed by atoms with Gasteiger partial charge in [0.25, 0.3) is 0 Å². The molecular weight excluding hydrogens is 447 g/mol. The summed E-state index contributed by atoms with van der Waals surface area (Å²) in [6.45, 7) is 5.71.